The van der Waals surface area contributed by atoms with Crippen LogP contribution in [0.2, 0.25) is 0 Å². The minimum absolute atomic E-state index is 0.101. The number of nitrogens with one attached hydrogen (secondary N) is 1. The standard InChI is InChI=1S/C20H24N2O2/c1-3-15(12-23)9-18(21)20-11-16(13-24)10-19(22-20)17-7-5-4-6-14(2)8-17/h3,7-13,19,22H,4-6,21H2,1-2H3/b15-3+,18-9-. The molecule has 1 atom stereocenters. The van der Waals surface area contributed by atoms with Crippen molar-refractivity contribution in [2.24, 2.45) is 5.73 Å². The maximum atomic E-state index is 11.3. The third-order valence-corrected chi connectivity index (χ3v) is 4.15. The summed E-state index contributed by atoms with van der Waals surface area (Å²) in [5, 5.41) is 3.37. The molecule has 24 heavy (non-hydrogen) atoms. The molecule has 0 aromatic rings. The predicted molar refractivity (Wildman–Crippen MR) is 96.9 cm³/mol. The second-order valence-corrected chi connectivity index (χ2v) is 6.06. The van der Waals surface area contributed by atoms with E-state index in [-0.39, 0.29) is 6.04 Å². The van der Waals surface area contributed by atoms with Gasteiger partial charge in [0.2, 0.25) is 0 Å². The van der Waals surface area contributed by atoms with E-state index in [9.17, 15) is 9.59 Å². The summed E-state index contributed by atoms with van der Waals surface area (Å²) in [6, 6.07) is -0.101. The number of allylic oxidation sites excluding steroid dienone is 7. The third-order valence-electron chi connectivity index (χ3n) is 4.15. The molecule has 2 rings (SSSR count). The summed E-state index contributed by atoms with van der Waals surface area (Å²) in [5.41, 5.74) is 10.8. The average molecular weight is 324 g/mol. The monoisotopic (exact) mass is 324 g/mol. The summed E-state index contributed by atoms with van der Waals surface area (Å²) in [5.74, 6) is 0. The lowest BCUT2D eigenvalue weighted by Gasteiger charge is -2.25. The molecule has 0 fully saturated rings. The van der Waals surface area contributed by atoms with E-state index in [1.54, 1.807) is 25.2 Å². The molecule has 0 bridgehead atoms. The van der Waals surface area contributed by atoms with Crippen LogP contribution >= 0.6 is 0 Å². The van der Waals surface area contributed by atoms with Crippen molar-refractivity contribution in [3.8, 4) is 0 Å². The van der Waals surface area contributed by atoms with Gasteiger partial charge in [0.15, 0.2) is 0 Å². The fourth-order valence-corrected chi connectivity index (χ4v) is 2.80. The quantitative estimate of drug-likeness (QED) is 0.463. The van der Waals surface area contributed by atoms with Crippen LogP contribution in [0.4, 0.5) is 0 Å². The third kappa shape index (κ3) is 4.44. The molecule has 1 unspecified atom stereocenters. The van der Waals surface area contributed by atoms with Gasteiger partial charge in [0, 0.05) is 11.1 Å². The van der Waals surface area contributed by atoms with Gasteiger partial charge in [-0.1, -0.05) is 23.8 Å². The first-order valence-corrected chi connectivity index (χ1v) is 8.19. The highest BCUT2D eigenvalue weighted by Gasteiger charge is 2.19. The minimum Gasteiger partial charge on any atom is -0.397 e. The molecule has 3 N–H and O–H groups in total. The Morgan fingerprint density at radius 3 is 2.79 bits per heavy atom. The summed E-state index contributed by atoms with van der Waals surface area (Å²) in [6.07, 6.45) is 16.1. The minimum atomic E-state index is -0.101. The van der Waals surface area contributed by atoms with Crippen molar-refractivity contribution in [2.45, 2.75) is 39.2 Å². The van der Waals surface area contributed by atoms with Gasteiger partial charge < -0.3 is 11.1 Å². The van der Waals surface area contributed by atoms with E-state index in [2.05, 4.69) is 24.4 Å². The van der Waals surface area contributed by atoms with Crippen LogP contribution in [0.1, 0.15) is 33.1 Å². The van der Waals surface area contributed by atoms with Gasteiger partial charge in [0.25, 0.3) is 0 Å². The molecular formula is C20H24N2O2. The summed E-state index contributed by atoms with van der Waals surface area (Å²) in [4.78, 5) is 22.3. The Kier molecular flexibility index (Phi) is 6.13. The largest absolute Gasteiger partial charge is 0.397 e. The fourth-order valence-electron chi connectivity index (χ4n) is 2.80. The summed E-state index contributed by atoms with van der Waals surface area (Å²) >= 11 is 0. The molecule has 1 aliphatic carbocycles. The zero-order valence-corrected chi connectivity index (χ0v) is 14.2. The molecule has 0 radical (unpaired) electrons. The van der Waals surface area contributed by atoms with E-state index in [1.807, 2.05) is 6.08 Å². The van der Waals surface area contributed by atoms with Crippen LogP contribution in [0.3, 0.4) is 0 Å². The molecule has 4 nitrogen and oxygen atoms in total. The molecule has 0 saturated heterocycles. The maximum absolute atomic E-state index is 11.3. The lowest BCUT2D eigenvalue weighted by Crippen LogP contribution is -2.33. The topological polar surface area (TPSA) is 72.2 Å². The molecule has 0 spiro atoms. The van der Waals surface area contributed by atoms with Gasteiger partial charge >= 0.3 is 0 Å². The highest BCUT2D eigenvalue weighted by atomic mass is 16.1. The van der Waals surface area contributed by atoms with Gasteiger partial charge in [-0.15, -0.1) is 0 Å². The Morgan fingerprint density at radius 2 is 2.12 bits per heavy atom. The zero-order chi connectivity index (χ0) is 17.5. The predicted octanol–water partition coefficient (Wildman–Crippen LogP) is 3.01. The van der Waals surface area contributed by atoms with Crippen molar-refractivity contribution in [3.63, 3.8) is 0 Å². The number of hydrogen-bond donors (Lipinski definition) is 2. The molecule has 1 aliphatic heterocycles. The first kappa shape index (κ1) is 17.7. The van der Waals surface area contributed by atoms with Gasteiger partial charge in [0.05, 0.1) is 17.4 Å². The first-order valence-electron chi connectivity index (χ1n) is 8.19. The number of nitrogens with two attached hydrogens (primary N) is 1. The van der Waals surface area contributed by atoms with E-state index in [1.165, 1.54) is 5.57 Å². The molecule has 2 aliphatic rings. The molecule has 0 aromatic heterocycles. The number of dihydropyridines is 1. The number of carbonyl (C=O) groups is 2. The van der Waals surface area contributed by atoms with Crippen LogP contribution in [-0.2, 0) is 9.59 Å². The van der Waals surface area contributed by atoms with Crippen LogP contribution in [-0.4, -0.2) is 18.6 Å². The molecule has 0 amide bonds. The van der Waals surface area contributed by atoms with Crippen molar-refractivity contribution in [1.82, 2.24) is 5.32 Å². The van der Waals surface area contributed by atoms with Crippen molar-refractivity contribution in [3.05, 3.63) is 70.1 Å². The molecular weight excluding hydrogens is 300 g/mol. The van der Waals surface area contributed by atoms with E-state index >= 15 is 0 Å². The second kappa shape index (κ2) is 8.29. The first-order chi connectivity index (χ1) is 11.6. The van der Waals surface area contributed by atoms with Gasteiger partial charge in [-0.25, -0.2) is 0 Å². The van der Waals surface area contributed by atoms with Crippen LogP contribution in [0.5, 0.6) is 0 Å². The molecule has 126 valence electrons. The van der Waals surface area contributed by atoms with E-state index in [4.69, 9.17) is 5.73 Å². The number of hydrogen-bond acceptors (Lipinski definition) is 4. The van der Waals surface area contributed by atoms with Gasteiger partial charge in [-0.05, 0) is 56.9 Å². The number of aldehydes is 2. The van der Waals surface area contributed by atoms with Crippen LogP contribution < -0.4 is 11.1 Å². The molecule has 4 heteroatoms. The summed E-state index contributed by atoms with van der Waals surface area (Å²) in [7, 11) is 0. The SMILES string of the molecule is C/C=C(C=O)\C=C(/N)C1=CC(C=O)=CC(C2=CCCCC(C)=C2)N1. The summed E-state index contributed by atoms with van der Waals surface area (Å²) in [6.45, 7) is 3.90. The van der Waals surface area contributed by atoms with E-state index in [0.29, 0.717) is 22.5 Å². The molecule has 0 aromatic carbocycles. The Morgan fingerprint density at radius 1 is 1.33 bits per heavy atom. The second-order valence-electron chi connectivity index (χ2n) is 6.06. The molecule has 1 heterocycles. The van der Waals surface area contributed by atoms with Gasteiger partial charge in [-0.2, -0.15) is 0 Å². The maximum Gasteiger partial charge on any atom is 0.149 e. The highest BCUT2D eigenvalue weighted by Crippen LogP contribution is 2.24. The zero-order valence-electron chi connectivity index (χ0n) is 14.2. The van der Waals surface area contributed by atoms with Crippen molar-refractivity contribution in [1.29, 1.82) is 0 Å². The van der Waals surface area contributed by atoms with Crippen LogP contribution in [0.15, 0.2) is 70.1 Å². The average Bonchev–Trinajstić information content (AvgIpc) is 2.83. The van der Waals surface area contributed by atoms with Crippen molar-refractivity contribution in [2.75, 3.05) is 0 Å². The normalized spacial score (nSPS) is 22.3. The number of rotatable bonds is 5. The Hall–Kier alpha value is -2.62. The summed E-state index contributed by atoms with van der Waals surface area (Å²) < 4.78 is 0. The highest BCUT2D eigenvalue weighted by molar-refractivity contribution is 5.80. The van der Waals surface area contributed by atoms with Crippen LogP contribution in [0.25, 0.3) is 0 Å². The fraction of sp³-hybridized carbons (Fsp3) is 0.300. The van der Waals surface area contributed by atoms with E-state index < -0.39 is 0 Å². The van der Waals surface area contributed by atoms with Gasteiger partial charge in [-0.3, -0.25) is 9.59 Å². The van der Waals surface area contributed by atoms with Crippen LogP contribution in [0, 0.1) is 0 Å². The Bertz CT molecular complexity index is 703. The Balaban J connectivity index is 2.33. The lowest BCUT2D eigenvalue weighted by molar-refractivity contribution is -0.105. The Labute approximate surface area is 143 Å². The lowest BCUT2D eigenvalue weighted by atomic mass is 9.97. The van der Waals surface area contributed by atoms with Gasteiger partial charge in [0.1, 0.15) is 12.6 Å². The smallest absolute Gasteiger partial charge is 0.149 e. The van der Waals surface area contributed by atoms with E-state index in [0.717, 1.165) is 37.4 Å². The number of carbonyl (C=O) groups excluding carboxylic acids is 2. The molecule has 0 saturated carbocycles. The van der Waals surface area contributed by atoms with Crippen molar-refractivity contribution < 1.29 is 9.59 Å². The van der Waals surface area contributed by atoms with Crippen molar-refractivity contribution >= 4 is 12.6 Å².